The van der Waals surface area contributed by atoms with Gasteiger partial charge in [-0.15, -0.1) is 0 Å². The Morgan fingerprint density at radius 2 is 0.525 bits per heavy atom. The molecule has 8 rings (SSSR count). The van der Waals surface area contributed by atoms with E-state index in [2.05, 4.69) is 160 Å². The Hall–Kier alpha value is -2.30. The first-order chi connectivity index (χ1) is 26.8. The van der Waals surface area contributed by atoms with Gasteiger partial charge < -0.3 is 86.2 Å². The molecule has 0 atom stereocenters. The summed E-state index contributed by atoms with van der Waals surface area (Å²) in [7, 11) is 0. The summed E-state index contributed by atoms with van der Waals surface area (Å²) < 4.78 is 10.5. The van der Waals surface area contributed by atoms with Crippen LogP contribution in [-0.4, -0.2) is 42.5 Å². The molecule has 4 aromatic carbocycles. The van der Waals surface area contributed by atoms with Crippen molar-refractivity contribution in [3.8, 4) is 22.3 Å². The second kappa shape index (κ2) is 30.0. The molecule has 61 heavy (non-hydrogen) atoms. The quantitative estimate of drug-likeness (QED) is 0.116. The molecule has 0 aliphatic heterocycles. The van der Waals surface area contributed by atoms with E-state index >= 15 is 0 Å². The third kappa shape index (κ3) is 17.3. The molecular weight excluding hydrogens is 1260 g/mol. The van der Waals surface area contributed by atoms with Crippen LogP contribution in [0.15, 0.2) is 147 Å². The first-order valence-corrected chi connectivity index (χ1v) is 18.9. The summed E-state index contributed by atoms with van der Waals surface area (Å²) >= 11 is 7.92. The third-order valence-electron chi connectivity index (χ3n) is 9.59. The Morgan fingerprint density at radius 1 is 0.361 bits per heavy atom. The van der Waals surface area contributed by atoms with Crippen LogP contribution in [0.2, 0.25) is 0 Å². The Balaban J connectivity index is 0.00000101. The van der Waals surface area contributed by atoms with Crippen molar-refractivity contribution in [3.05, 3.63) is 192 Å². The summed E-state index contributed by atoms with van der Waals surface area (Å²) in [5.41, 5.74) is 10.1. The molecule has 0 unspecified atom stereocenters. The number of hydrogen-bond donors (Lipinski definition) is 0. The van der Waals surface area contributed by atoms with Gasteiger partial charge in [-0.05, 0) is 96.6 Å². The van der Waals surface area contributed by atoms with Crippen molar-refractivity contribution >= 4 is 28.7 Å². The predicted octanol–water partition coefficient (Wildman–Crippen LogP) is -2.05. The summed E-state index contributed by atoms with van der Waals surface area (Å²) in [6.07, 6.45) is 15.4. The van der Waals surface area contributed by atoms with Gasteiger partial charge in [-0.25, -0.2) is 19.9 Å². The number of halogens is 4. The van der Waals surface area contributed by atoms with Gasteiger partial charge in [-0.2, -0.15) is 0 Å². The number of rotatable bonds is 10. The molecule has 4 aromatic heterocycles. The number of imidazole rings is 4. The minimum absolute atomic E-state index is 0. The van der Waals surface area contributed by atoms with Crippen molar-refractivity contribution < 1.29 is 123 Å². The molecule has 8 aromatic rings. The van der Waals surface area contributed by atoms with Crippen molar-refractivity contribution in [2.24, 2.45) is 0 Å². The van der Waals surface area contributed by atoms with Gasteiger partial charge in [0.25, 0.3) is 0 Å². The second-order valence-corrected chi connectivity index (χ2v) is 13.9. The Morgan fingerprint density at radius 3 is 0.656 bits per heavy atom. The van der Waals surface area contributed by atoms with E-state index < -0.39 is 0 Å². The average molecular weight is 1310 g/mol. The van der Waals surface area contributed by atoms with Crippen LogP contribution >= 0.6 is 24.4 Å². The van der Waals surface area contributed by atoms with Crippen LogP contribution in [0, 0.1) is 27.7 Å². The van der Waals surface area contributed by atoms with Crippen molar-refractivity contribution in [1.82, 2.24) is 38.2 Å². The van der Waals surface area contributed by atoms with Gasteiger partial charge in [0, 0.05) is 80.1 Å². The Kier molecular flexibility index (Phi) is 28.8. The van der Waals surface area contributed by atoms with Crippen LogP contribution in [0.5, 0.6) is 0 Å². The summed E-state index contributed by atoms with van der Waals surface area (Å²) in [4.78, 5) is 17.1. The molecule has 0 radical (unpaired) electrons. The molecule has 16 heteroatoms. The first kappa shape index (κ1) is 58.7. The number of nitrogens with zero attached hydrogens (tertiary/aromatic N) is 8. The molecule has 4 heterocycles. The molecule has 0 N–H and O–H groups in total. The van der Waals surface area contributed by atoms with E-state index in [0.29, 0.717) is 0 Å². The monoisotopic (exact) mass is 1300 g/mol. The van der Waals surface area contributed by atoms with Gasteiger partial charge in [0.15, 0.2) is 0 Å². The second-order valence-electron chi connectivity index (χ2n) is 13.3. The number of thiocarbonyl (C=S) groups is 2. The van der Waals surface area contributed by atoms with Crippen LogP contribution in [0.1, 0.15) is 45.6 Å². The SMILES string of the molecule is Cc1nccn1Cc1ccc(-c2ccc(Cn3ccnc3C)cc2)cc1.Cc1nccn1Cc1ccc(-c2ccc(Cn3ccnc3C)cc2)cc1.S=C=S.[Br-].[Br-].[Br-].[Br-].[Cd+2].[Cd+2]. The van der Waals surface area contributed by atoms with Crippen LogP contribution in [0.3, 0.4) is 0 Å². The maximum absolute atomic E-state index is 4.28. The minimum Gasteiger partial charge on any atom is -1.00 e. The normalized spacial score (nSPS) is 9.51. The van der Waals surface area contributed by atoms with E-state index in [1.54, 1.807) is 0 Å². The number of benzene rings is 4. The van der Waals surface area contributed by atoms with Crippen molar-refractivity contribution in [2.75, 3.05) is 0 Å². The van der Waals surface area contributed by atoms with Gasteiger partial charge in [0.1, 0.15) is 23.3 Å². The van der Waals surface area contributed by atoms with Gasteiger partial charge >= 0.3 is 54.6 Å². The summed E-state index contributed by atoms with van der Waals surface area (Å²) in [6, 6.07) is 35.1. The molecule has 0 aliphatic carbocycles. The molecule has 0 fully saturated rings. The summed E-state index contributed by atoms with van der Waals surface area (Å²) in [6.45, 7) is 11.5. The summed E-state index contributed by atoms with van der Waals surface area (Å²) in [5, 5.41) is 0. The predicted molar refractivity (Wildman–Crippen MR) is 228 cm³/mol. The van der Waals surface area contributed by atoms with E-state index in [-0.39, 0.29) is 123 Å². The first-order valence-electron chi connectivity index (χ1n) is 18.1. The zero-order chi connectivity index (χ0) is 38.6. The van der Waals surface area contributed by atoms with E-state index in [4.69, 9.17) is 0 Å². The minimum atomic E-state index is 0. The standard InChI is InChI=1S/2C22H22N4.CS2.4BrH.2Cd/c2*1-17-23-11-13-25(17)15-19-3-7-21(8-4-19)22-9-5-20(6-10-22)16-26-14-12-24-18(26)2;2-1-3;;;;;;/h2*3-14H,15-16H2,1-2H3;;4*1H;;/q;;;;;;;2*+2/p-4. The van der Waals surface area contributed by atoms with Crippen molar-refractivity contribution in [3.63, 3.8) is 0 Å². The zero-order valence-corrected chi connectivity index (χ0v) is 50.6. The van der Waals surface area contributed by atoms with E-state index in [9.17, 15) is 0 Å². The molecule has 0 bridgehead atoms. The van der Waals surface area contributed by atoms with Crippen LogP contribution < -0.4 is 67.9 Å². The summed E-state index contributed by atoms with van der Waals surface area (Å²) in [5.74, 6) is 4.16. The Labute approximate surface area is 452 Å². The van der Waals surface area contributed by atoms with Gasteiger partial charge in [-0.3, -0.25) is 0 Å². The molecule has 8 nitrogen and oxygen atoms in total. The Bertz CT molecular complexity index is 2130. The fourth-order valence-corrected chi connectivity index (χ4v) is 6.28. The molecule has 0 spiro atoms. The van der Waals surface area contributed by atoms with E-state index in [0.717, 1.165) is 49.5 Å². The van der Waals surface area contributed by atoms with Crippen molar-refractivity contribution in [1.29, 1.82) is 0 Å². The molecule has 0 saturated carbocycles. The van der Waals surface area contributed by atoms with E-state index in [1.807, 2.05) is 81.6 Å². The number of aromatic nitrogens is 8. The van der Waals surface area contributed by atoms with Gasteiger partial charge in [0.05, 0.1) is 0 Å². The van der Waals surface area contributed by atoms with Crippen LogP contribution in [0.4, 0.5) is 0 Å². The van der Waals surface area contributed by atoms with Crippen LogP contribution in [-0.2, 0) is 80.8 Å². The number of aryl methyl sites for hydroxylation is 4. The molecule has 0 aliphatic rings. The fraction of sp³-hybridized carbons (Fsp3) is 0.178. The van der Waals surface area contributed by atoms with Gasteiger partial charge in [0.2, 0.25) is 0 Å². The topological polar surface area (TPSA) is 71.3 Å². The van der Waals surface area contributed by atoms with E-state index in [1.165, 1.54) is 44.5 Å². The maximum atomic E-state index is 4.28. The van der Waals surface area contributed by atoms with Crippen molar-refractivity contribution in [2.45, 2.75) is 53.9 Å². The smallest absolute Gasteiger partial charge is 1.00 e. The average Bonchev–Trinajstić information content (AvgIpc) is 4.01. The van der Waals surface area contributed by atoms with Crippen LogP contribution in [0.25, 0.3) is 22.3 Å². The largest absolute Gasteiger partial charge is 2.00 e. The molecule has 0 saturated heterocycles. The van der Waals surface area contributed by atoms with Gasteiger partial charge in [-0.1, -0.05) is 97.1 Å². The third-order valence-corrected chi connectivity index (χ3v) is 9.59. The fourth-order valence-electron chi connectivity index (χ4n) is 6.28. The molecule has 0 amide bonds. The zero-order valence-electron chi connectivity index (χ0n) is 34.5. The molecule has 308 valence electrons. The molecular formula is C45H44Br4Cd2N8S2. The maximum Gasteiger partial charge on any atom is 2.00 e. The number of hydrogen-bond acceptors (Lipinski definition) is 6.